The molecule has 27 heavy (non-hydrogen) atoms. The standard InChI is InChI=1S/C23H26N2O2/c1-4-27-18-9-7-8-17(16-18)12-14-23-22(2,3)19-10-5-6-11-20(19)25(23)15-13-21(26)24-23/h5-12,14,16H,4,13,15H2,1-3H3,(H,24,26)/b14-12+/t23-/m0/s1. The maximum atomic E-state index is 12.4. The molecule has 0 spiro atoms. The normalized spacial score (nSPS) is 23.1. The third-order valence-corrected chi connectivity index (χ3v) is 5.83. The molecule has 2 aromatic rings. The highest BCUT2D eigenvalue weighted by Crippen LogP contribution is 2.52. The average Bonchev–Trinajstić information content (AvgIpc) is 2.85. The predicted octanol–water partition coefficient (Wildman–Crippen LogP) is 4.11. The van der Waals surface area contributed by atoms with Gasteiger partial charge in [-0.3, -0.25) is 4.79 Å². The Balaban J connectivity index is 1.78. The number of nitrogens with zero attached hydrogens (tertiary/aromatic N) is 1. The van der Waals surface area contributed by atoms with Crippen molar-refractivity contribution in [3.05, 3.63) is 65.7 Å². The molecular weight excluding hydrogens is 336 g/mol. The van der Waals surface area contributed by atoms with Gasteiger partial charge in [0.2, 0.25) is 5.91 Å². The van der Waals surface area contributed by atoms with Gasteiger partial charge in [0.1, 0.15) is 11.4 Å². The molecule has 0 unspecified atom stereocenters. The van der Waals surface area contributed by atoms with Crippen molar-refractivity contribution in [1.82, 2.24) is 5.32 Å². The number of ether oxygens (including phenoxy) is 1. The van der Waals surface area contributed by atoms with E-state index in [1.165, 1.54) is 11.3 Å². The third-order valence-electron chi connectivity index (χ3n) is 5.83. The van der Waals surface area contributed by atoms with Crippen LogP contribution < -0.4 is 15.0 Å². The van der Waals surface area contributed by atoms with Gasteiger partial charge in [-0.25, -0.2) is 0 Å². The Morgan fingerprint density at radius 1 is 1.19 bits per heavy atom. The molecule has 4 nitrogen and oxygen atoms in total. The number of anilines is 1. The molecule has 2 aliphatic heterocycles. The van der Waals surface area contributed by atoms with Crippen LogP contribution in [0.2, 0.25) is 0 Å². The molecule has 0 aliphatic carbocycles. The first kappa shape index (κ1) is 17.7. The molecule has 2 aliphatic rings. The Labute approximate surface area is 160 Å². The SMILES string of the molecule is CCOc1cccc(/C=C/[C@]23NC(=O)CCN2c2ccccc2C3(C)C)c1. The molecule has 1 saturated heterocycles. The van der Waals surface area contributed by atoms with E-state index in [4.69, 9.17) is 4.74 Å². The van der Waals surface area contributed by atoms with Gasteiger partial charge in [-0.05, 0) is 42.3 Å². The van der Waals surface area contributed by atoms with Gasteiger partial charge in [0.25, 0.3) is 0 Å². The second-order valence-corrected chi connectivity index (χ2v) is 7.70. The lowest BCUT2D eigenvalue weighted by molar-refractivity contribution is -0.124. The van der Waals surface area contributed by atoms with E-state index in [9.17, 15) is 4.79 Å². The predicted molar refractivity (Wildman–Crippen MR) is 109 cm³/mol. The molecule has 0 bridgehead atoms. The van der Waals surface area contributed by atoms with Crippen LogP contribution in [-0.2, 0) is 10.2 Å². The number of rotatable bonds is 4. The van der Waals surface area contributed by atoms with Crippen LogP contribution in [0.4, 0.5) is 5.69 Å². The second kappa shape index (κ2) is 6.45. The van der Waals surface area contributed by atoms with Gasteiger partial charge in [0, 0.05) is 24.1 Å². The monoisotopic (exact) mass is 362 g/mol. The number of nitrogens with one attached hydrogen (secondary N) is 1. The molecule has 1 fully saturated rings. The number of benzene rings is 2. The Bertz CT molecular complexity index is 903. The largest absolute Gasteiger partial charge is 0.494 e. The first-order valence-corrected chi connectivity index (χ1v) is 9.58. The zero-order valence-corrected chi connectivity index (χ0v) is 16.2. The minimum Gasteiger partial charge on any atom is -0.494 e. The highest BCUT2D eigenvalue weighted by molar-refractivity contribution is 5.84. The highest BCUT2D eigenvalue weighted by atomic mass is 16.5. The number of carbonyl (C=O) groups is 1. The lowest BCUT2D eigenvalue weighted by atomic mass is 9.74. The minimum atomic E-state index is -0.576. The Morgan fingerprint density at radius 2 is 2.00 bits per heavy atom. The Morgan fingerprint density at radius 3 is 2.81 bits per heavy atom. The van der Waals surface area contributed by atoms with Crippen LogP contribution in [0.1, 0.15) is 38.3 Å². The summed E-state index contributed by atoms with van der Waals surface area (Å²) in [5, 5.41) is 3.31. The van der Waals surface area contributed by atoms with Crippen LogP contribution in [0.5, 0.6) is 5.75 Å². The lowest BCUT2D eigenvalue weighted by Gasteiger charge is -2.49. The van der Waals surface area contributed by atoms with E-state index in [0.29, 0.717) is 13.0 Å². The van der Waals surface area contributed by atoms with Crippen LogP contribution in [0.25, 0.3) is 6.08 Å². The van der Waals surface area contributed by atoms with E-state index < -0.39 is 5.66 Å². The van der Waals surface area contributed by atoms with Gasteiger partial charge < -0.3 is 15.0 Å². The highest BCUT2D eigenvalue weighted by Gasteiger charge is 2.57. The molecule has 4 rings (SSSR count). The van der Waals surface area contributed by atoms with Crippen LogP contribution in [-0.4, -0.2) is 24.7 Å². The van der Waals surface area contributed by atoms with Gasteiger partial charge >= 0.3 is 0 Å². The molecular formula is C23H26N2O2. The van der Waals surface area contributed by atoms with E-state index >= 15 is 0 Å². The van der Waals surface area contributed by atoms with Crippen LogP contribution >= 0.6 is 0 Å². The third kappa shape index (κ3) is 2.71. The summed E-state index contributed by atoms with van der Waals surface area (Å²) in [6.07, 6.45) is 4.75. The lowest BCUT2D eigenvalue weighted by Crippen LogP contribution is -2.68. The topological polar surface area (TPSA) is 41.6 Å². The van der Waals surface area contributed by atoms with Gasteiger partial charge in [0.05, 0.1) is 6.61 Å². The molecule has 4 heteroatoms. The quantitative estimate of drug-likeness (QED) is 0.890. The molecule has 1 atom stereocenters. The van der Waals surface area contributed by atoms with Crippen molar-refractivity contribution in [1.29, 1.82) is 0 Å². The van der Waals surface area contributed by atoms with Crippen molar-refractivity contribution in [2.45, 2.75) is 38.3 Å². The van der Waals surface area contributed by atoms with Crippen molar-refractivity contribution in [2.24, 2.45) is 0 Å². The fraction of sp³-hybridized carbons (Fsp3) is 0.348. The maximum absolute atomic E-state index is 12.4. The van der Waals surface area contributed by atoms with Gasteiger partial charge in [-0.1, -0.05) is 50.3 Å². The second-order valence-electron chi connectivity index (χ2n) is 7.70. The molecule has 0 aromatic heterocycles. The van der Waals surface area contributed by atoms with Crippen LogP contribution in [0, 0.1) is 0 Å². The fourth-order valence-electron chi connectivity index (χ4n) is 4.41. The molecule has 0 radical (unpaired) electrons. The Kier molecular flexibility index (Phi) is 4.22. The maximum Gasteiger partial charge on any atom is 0.223 e. The summed E-state index contributed by atoms with van der Waals surface area (Å²) < 4.78 is 5.62. The summed E-state index contributed by atoms with van der Waals surface area (Å²) in [5.41, 5.74) is 2.69. The van der Waals surface area contributed by atoms with Crippen LogP contribution in [0.3, 0.4) is 0 Å². The minimum absolute atomic E-state index is 0.0971. The Hall–Kier alpha value is -2.75. The van der Waals surface area contributed by atoms with Crippen LogP contribution in [0.15, 0.2) is 54.6 Å². The van der Waals surface area contributed by atoms with Gasteiger partial charge in [-0.15, -0.1) is 0 Å². The number of para-hydroxylation sites is 1. The first-order chi connectivity index (χ1) is 13.0. The number of fused-ring (bicyclic) bond motifs is 3. The number of amides is 1. The molecule has 1 N–H and O–H groups in total. The van der Waals surface area contributed by atoms with Crippen molar-refractivity contribution in [2.75, 3.05) is 18.1 Å². The van der Waals surface area contributed by atoms with E-state index in [2.05, 4.69) is 66.5 Å². The smallest absolute Gasteiger partial charge is 0.223 e. The van der Waals surface area contributed by atoms with E-state index in [1.54, 1.807) is 0 Å². The summed E-state index contributed by atoms with van der Waals surface area (Å²) in [6.45, 7) is 7.75. The van der Waals surface area contributed by atoms with Crippen molar-refractivity contribution in [3.63, 3.8) is 0 Å². The number of carbonyl (C=O) groups excluding carboxylic acids is 1. The fourth-order valence-corrected chi connectivity index (χ4v) is 4.41. The van der Waals surface area contributed by atoms with Gasteiger partial charge in [0.15, 0.2) is 0 Å². The molecule has 0 saturated carbocycles. The molecule has 1 amide bonds. The van der Waals surface area contributed by atoms with E-state index in [-0.39, 0.29) is 11.3 Å². The first-order valence-electron chi connectivity index (χ1n) is 9.58. The summed E-state index contributed by atoms with van der Waals surface area (Å²) in [4.78, 5) is 14.7. The summed E-state index contributed by atoms with van der Waals surface area (Å²) in [5.74, 6) is 0.954. The van der Waals surface area contributed by atoms with Crippen molar-refractivity contribution in [3.8, 4) is 5.75 Å². The van der Waals surface area contributed by atoms with E-state index in [1.807, 2.05) is 25.1 Å². The summed E-state index contributed by atoms with van der Waals surface area (Å²) in [6, 6.07) is 16.5. The summed E-state index contributed by atoms with van der Waals surface area (Å²) >= 11 is 0. The van der Waals surface area contributed by atoms with E-state index in [0.717, 1.165) is 17.9 Å². The zero-order valence-electron chi connectivity index (χ0n) is 16.2. The zero-order chi connectivity index (χ0) is 19.1. The van der Waals surface area contributed by atoms with Crippen molar-refractivity contribution >= 4 is 17.7 Å². The molecule has 2 heterocycles. The number of hydrogen-bond acceptors (Lipinski definition) is 3. The van der Waals surface area contributed by atoms with Crippen molar-refractivity contribution < 1.29 is 9.53 Å². The average molecular weight is 362 g/mol. The molecule has 140 valence electrons. The molecule has 2 aromatic carbocycles. The summed E-state index contributed by atoms with van der Waals surface area (Å²) in [7, 11) is 0. The number of hydrogen-bond donors (Lipinski definition) is 1. The van der Waals surface area contributed by atoms with Gasteiger partial charge in [-0.2, -0.15) is 0 Å².